The lowest BCUT2D eigenvalue weighted by atomic mass is 10.2. The van der Waals surface area contributed by atoms with Gasteiger partial charge in [-0.3, -0.25) is 4.79 Å². The number of para-hydroxylation sites is 2. The first-order valence-corrected chi connectivity index (χ1v) is 9.36. The molecule has 4 aromatic rings. The molecule has 0 bridgehead atoms. The highest BCUT2D eigenvalue weighted by Gasteiger charge is 2.14. The average molecular weight is 374 g/mol. The maximum Gasteiger partial charge on any atom is 0.228 e. The summed E-state index contributed by atoms with van der Waals surface area (Å²) >= 11 is 0. The summed E-state index contributed by atoms with van der Waals surface area (Å²) in [6.07, 6.45) is 3.44. The number of carbonyl (C=O) groups is 1. The number of hydrogen-bond donors (Lipinski definition) is 1. The highest BCUT2D eigenvalue weighted by molar-refractivity contribution is 5.78. The quantitative estimate of drug-likeness (QED) is 0.533. The van der Waals surface area contributed by atoms with Crippen molar-refractivity contribution < 1.29 is 9.21 Å². The van der Waals surface area contributed by atoms with Gasteiger partial charge in [-0.15, -0.1) is 0 Å². The Hall–Kier alpha value is -3.41. The Balaban J connectivity index is 1.28. The number of aromatic amines is 1. The Labute approximate surface area is 163 Å². The first-order chi connectivity index (χ1) is 13.7. The second-order valence-electron chi connectivity index (χ2n) is 6.81. The molecule has 6 nitrogen and oxygen atoms in total. The topological polar surface area (TPSA) is 75.0 Å². The monoisotopic (exact) mass is 374 g/mol. The molecule has 1 N–H and O–H groups in total. The number of amides is 1. The number of hydrogen-bond acceptors (Lipinski definition) is 4. The number of oxazole rings is 1. The van der Waals surface area contributed by atoms with E-state index >= 15 is 0 Å². The summed E-state index contributed by atoms with van der Waals surface area (Å²) in [4.78, 5) is 26.5. The minimum absolute atomic E-state index is 0.0255. The van der Waals surface area contributed by atoms with Crippen LogP contribution in [0.4, 0.5) is 0 Å². The predicted molar refractivity (Wildman–Crippen MR) is 108 cm³/mol. The lowest BCUT2D eigenvalue weighted by Gasteiger charge is -2.15. The molecule has 4 rings (SSSR count). The lowest BCUT2D eigenvalue weighted by Crippen LogP contribution is -2.29. The summed E-state index contributed by atoms with van der Waals surface area (Å²) < 4.78 is 5.50. The second-order valence-corrected chi connectivity index (χ2v) is 6.81. The van der Waals surface area contributed by atoms with Crippen molar-refractivity contribution in [2.75, 3.05) is 13.6 Å². The molecule has 2 heterocycles. The fraction of sp³-hybridized carbons (Fsp3) is 0.227. The van der Waals surface area contributed by atoms with Gasteiger partial charge in [0.1, 0.15) is 12.1 Å². The molecule has 6 heteroatoms. The third-order valence-electron chi connectivity index (χ3n) is 4.68. The van der Waals surface area contributed by atoms with Gasteiger partial charge in [-0.2, -0.15) is 0 Å². The third-order valence-corrected chi connectivity index (χ3v) is 4.68. The summed E-state index contributed by atoms with van der Waals surface area (Å²) in [7, 11) is 1.82. The molecule has 0 aliphatic heterocycles. The molecule has 0 fully saturated rings. The molecular formula is C22H22N4O2. The zero-order valence-corrected chi connectivity index (χ0v) is 15.8. The number of likely N-dealkylation sites (N-methyl/N-ethyl adjacent to an activating group) is 1. The molecular weight excluding hydrogens is 352 g/mol. The molecule has 0 saturated heterocycles. The number of carbonyl (C=O) groups excluding carboxylic acids is 1. The highest BCUT2D eigenvalue weighted by atomic mass is 16.3. The SMILES string of the molecule is CN(CCCc1nc2ccccc2[nH]1)C(=O)Cc1coc(-c2ccccc2)n1. The fourth-order valence-electron chi connectivity index (χ4n) is 3.12. The molecule has 0 spiro atoms. The predicted octanol–water partition coefficient (Wildman–Crippen LogP) is 3.85. The van der Waals surface area contributed by atoms with Crippen LogP contribution in [0.1, 0.15) is 17.9 Å². The van der Waals surface area contributed by atoms with Crippen molar-refractivity contribution in [1.29, 1.82) is 0 Å². The summed E-state index contributed by atoms with van der Waals surface area (Å²) in [6, 6.07) is 17.6. The van der Waals surface area contributed by atoms with Crippen molar-refractivity contribution in [2.24, 2.45) is 0 Å². The molecule has 142 valence electrons. The van der Waals surface area contributed by atoms with Crippen molar-refractivity contribution in [3.05, 3.63) is 72.4 Å². The van der Waals surface area contributed by atoms with E-state index in [1.165, 1.54) is 0 Å². The Morgan fingerprint density at radius 2 is 1.86 bits per heavy atom. The van der Waals surface area contributed by atoms with Crippen LogP contribution >= 0.6 is 0 Å². The van der Waals surface area contributed by atoms with E-state index in [1.807, 2.05) is 61.6 Å². The zero-order chi connectivity index (χ0) is 19.3. The number of imidazole rings is 1. The number of fused-ring (bicyclic) bond motifs is 1. The number of aromatic nitrogens is 3. The minimum Gasteiger partial charge on any atom is -0.444 e. The summed E-state index contributed by atoms with van der Waals surface area (Å²) in [5.41, 5.74) is 3.57. The lowest BCUT2D eigenvalue weighted by molar-refractivity contribution is -0.129. The van der Waals surface area contributed by atoms with Crippen molar-refractivity contribution >= 4 is 16.9 Å². The fourth-order valence-corrected chi connectivity index (χ4v) is 3.12. The minimum atomic E-state index is 0.0255. The van der Waals surface area contributed by atoms with Crippen LogP contribution in [-0.2, 0) is 17.6 Å². The van der Waals surface area contributed by atoms with Crippen LogP contribution in [0, 0.1) is 0 Å². The van der Waals surface area contributed by atoms with Gasteiger partial charge in [-0.1, -0.05) is 30.3 Å². The zero-order valence-electron chi connectivity index (χ0n) is 15.8. The molecule has 2 aromatic carbocycles. The largest absolute Gasteiger partial charge is 0.444 e. The van der Waals surface area contributed by atoms with E-state index in [0.717, 1.165) is 35.3 Å². The molecule has 0 aliphatic carbocycles. The number of nitrogens with zero attached hydrogens (tertiary/aromatic N) is 3. The van der Waals surface area contributed by atoms with Crippen molar-refractivity contribution in [1.82, 2.24) is 19.9 Å². The molecule has 0 atom stereocenters. The van der Waals surface area contributed by atoms with Crippen molar-refractivity contribution in [2.45, 2.75) is 19.3 Å². The third kappa shape index (κ3) is 4.11. The maximum absolute atomic E-state index is 12.5. The summed E-state index contributed by atoms with van der Waals surface area (Å²) in [5, 5.41) is 0. The Morgan fingerprint density at radius 3 is 2.68 bits per heavy atom. The van der Waals surface area contributed by atoms with Gasteiger partial charge in [0.25, 0.3) is 0 Å². The smallest absolute Gasteiger partial charge is 0.228 e. The number of nitrogens with one attached hydrogen (secondary N) is 1. The van der Waals surface area contributed by atoms with E-state index in [-0.39, 0.29) is 12.3 Å². The molecule has 0 radical (unpaired) electrons. The molecule has 2 aromatic heterocycles. The Bertz CT molecular complexity index is 1040. The van der Waals surface area contributed by atoms with Gasteiger partial charge in [0.05, 0.1) is 23.1 Å². The van der Waals surface area contributed by atoms with Crippen LogP contribution in [0.15, 0.2) is 65.3 Å². The van der Waals surface area contributed by atoms with Gasteiger partial charge in [-0.25, -0.2) is 9.97 Å². The summed E-state index contributed by atoms with van der Waals surface area (Å²) in [5.74, 6) is 1.51. The van der Waals surface area contributed by atoms with Gasteiger partial charge in [0.2, 0.25) is 11.8 Å². The van der Waals surface area contributed by atoms with Crippen LogP contribution in [0.5, 0.6) is 0 Å². The van der Waals surface area contributed by atoms with Gasteiger partial charge in [0.15, 0.2) is 0 Å². The molecule has 0 unspecified atom stereocenters. The van der Waals surface area contributed by atoms with Gasteiger partial charge in [0, 0.05) is 25.6 Å². The van der Waals surface area contributed by atoms with E-state index in [9.17, 15) is 4.79 Å². The van der Waals surface area contributed by atoms with Gasteiger partial charge in [-0.05, 0) is 30.7 Å². The standard InChI is InChI=1S/C22H22N4O2/c1-26(13-7-12-20-24-18-10-5-6-11-19(18)25-20)21(27)14-17-15-28-22(23-17)16-8-3-2-4-9-16/h2-6,8-11,15H,7,12-14H2,1H3,(H,24,25). The molecule has 1 amide bonds. The van der Waals surface area contributed by atoms with E-state index in [0.29, 0.717) is 18.1 Å². The van der Waals surface area contributed by atoms with E-state index in [2.05, 4.69) is 15.0 Å². The second kappa shape index (κ2) is 8.08. The van der Waals surface area contributed by atoms with Crippen LogP contribution in [-0.4, -0.2) is 39.4 Å². The number of benzene rings is 2. The first-order valence-electron chi connectivity index (χ1n) is 9.36. The van der Waals surface area contributed by atoms with Crippen LogP contribution in [0.3, 0.4) is 0 Å². The molecule has 28 heavy (non-hydrogen) atoms. The molecule has 0 aliphatic rings. The maximum atomic E-state index is 12.5. The van der Waals surface area contributed by atoms with Crippen LogP contribution in [0.2, 0.25) is 0 Å². The highest BCUT2D eigenvalue weighted by Crippen LogP contribution is 2.18. The number of H-pyrrole nitrogens is 1. The summed E-state index contributed by atoms with van der Waals surface area (Å²) in [6.45, 7) is 0.666. The van der Waals surface area contributed by atoms with Crippen molar-refractivity contribution in [3.8, 4) is 11.5 Å². The van der Waals surface area contributed by atoms with Gasteiger partial charge < -0.3 is 14.3 Å². The van der Waals surface area contributed by atoms with Crippen LogP contribution in [0.25, 0.3) is 22.5 Å². The molecule has 0 saturated carbocycles. The number of rotatable bonds is 7. The van der Waals surface area contributed by atoms with E-state index in [4.69, 9.17) is 4.42 Å². The average Bonchev–Trinajstić information content (AvgIpc) is 3.35. The van der Waals surface area contributed by atoms with Crippen LogP contribution < -0.4 is 0 Å². The van der Waals surface area contributed by atoms with Gasteiger partial charge >= 0.3 is 0 Å². The number of aryl methyl sites for hydroxylation is 1. The van der Waals surface area contributed by atoms with Crippen molar-refractivity contribution in [3.63, 3.8) is 0 Å². The first kappa shape index (κ1) is 18.0. The van der Waals surface area contributed by atoms with E-state index in [1.54, 1.807) is 11.2 Å². The Kier molecular flexibility index (Phi) is 5.19. The Morgan fingerprint density at radius 1 is 1.07 bits per heavy atom. The normalized spacial score (nSPS) is 11.0. The van der Waals surface area contributed by atoms with E-state index < -0.39 is 0 Å².